The van der Waals surface area contributed by atoms with Gasteiger partial charge in [0.15, 0.2) is 18.5 Å². The number of ether oxygens (including phenoxy) is 5. The molecule has 234 valence electrons. The van der Waals surface area contributed by atoms with Crippen LogP contribution in [-0.4, -0.2) is 91.1 Å². The minimum Gasteiger partial charge on any atom is -0.463 e. The van der Waals surface area contributed by atoms with Crippen LogP contribution in [0, 0.1) is 5.41 Å². The van der Waals surface area contributed by atoms with E-state index in [0.717, 1.165) is 13.8 Å². The van der Waals surface area contributed by atoms with Crippen molar-refractivity contribution in [1.29, 1.82) is 0 Å². The van der Waals surface area contributed by atoms with Crippen LogP contribution < -0.4 is 16.0 Å². The van der Waals surface area contributed by atoms with Crippen LogP contribution >= 0.6 is 0 Å². The molecule has 0 spiro atoms. The maximum Gasteiger partial charge on any atom is 0.303 e. The number of carbonyl (C=O) groups excluding carboxylic acids is 6. The Morgan fingerprint density at radius 3 is 1.88 bits per heavy atom. The minimum atomic E-state index is -1.33. The molecular weight excluding hydrogens is 542 g/mol. The zero-order valence-electron chi connectivity index (χ0n) is 25.6. The summed E-state index contributed by atoms with van der Waals surface area (Å²) in [4.78, 5) is 73.4. The fraction of sp³-hybridized carbons (Fsp3) is 0.778. The fourth-order valence-electron chi connectivity index (χ4n) is 4.13. The van der Waals surface area contributed by atoms with E-state index in [1.165, 1.54) is 13.8 Å². The molecule has 3 N–H and O–H groups in total. The molecule has 3 amide bonds. The number of amides is 3. The van der Waals surface area contributed by atoms with E-state index >= 15 is 0 Å². The second-order valence-electron chi connectivity index (χ2n) is 11.5. The van der Waals surface area contributed by atoms with Crippen molar-refractivity contribution >= 4 is 35.6 Å². The topological polar surface area (TPSA) is 185 Å². The Labute approximate surface area is 240 Å². The van der Waals surface area contributed by atoms with Gasteiger partial charge in [0, 0.05) is 46.1 Å². The standard InChI is InChI=1S/C27H45N3O11/c1-11-28-23(35)18(30-25(36)26(6,7)8)12-27(9,10)41-24-20(29-14(2)31)22(39-17(5)34)21(38-16(4)33)19(40-24)13-37-15(3)32/h18-22,24H,11-13H2,1-10H3,(H,28,35)(H,29,31)(H,30,36)/t18-,19?,20?,21?,22?,24?/m0/s1. The van der Waals surface area contributed by atoms with E-state index in [1.807, 2.05) is 0 Å². The Kier molecular flexibility index (Phi) is 13.2. The number of hydrogen-bond donors (Lipinski definition) is 3. The molecule has 6 atom stereocenters. The predicted molar refractivity (Wildman–Crippen MR) is 144 cm³/mol. The monoisotopic (exact) mass is 587 g/mol. The summed E-state index contributed by atoms with van der Waals surface area (Å²) >= 11 is 0. The van der Waals surface area contributed by atoms with Crippen molar-refractivity contribution in [2.45, 2.75) is 118 Å². The number of nitrogens with one attached hydrogen (secondary N) is 3. The SMILES string of the molecule is CCNC(=O)[C@H](CC(C)(C)OC1OC(COC(C)=O)C(OC(C)=O)C(OC(C)=O)C1NC(C)=O)NC(=O)C(C)(C)C. The molecule has 1 saturated heterocycles. The summed E-state index contributed by atoms with van der Waals surface area (Å²) in [6.07, 6.45) is -5.08. The Morgan fingerprint density at radius 2 is 1.41 bits per heavy atom. The Morgan fingerprint density at radius 1 is 0.854 bits per heavy atom. The zero-order chi connectivity index (χ0) is 31.7. The maximum absolute atomic E-state index is 12.9. The normalized spacial score (nSPS) is 23.4. The molecular formula is C27H45N3O11. The average molecular weight is 588 g/mol. The molecule has 14 nitrogen and oxygen atoms in total. The molecule has 0 radical (unpaired) electrons. The van der Waals surface area contributed by atoms with Crippen LogP contribution in [0.3, 0.4) is 0 Å². The van der Waals surface area contributed by atoms with E-state index in [0.29, 0.717) is 6.54 Å². The first-order valence-corrected chi connectivity index (χ1v) is 13.4. The average Bonchev–Trinajstić information content (AvgIpc) is 2.79. The molecule has 0 aliphatic carbocycles. The lowest BCUT2D eigenvalue weighted by molar-refractivity contribution is -0.300. The van der Waals surface area contributed by atoms with Gasteiger partial charge in [-0.25, -0.2) is 0 Å². The summed E-state index contributed by atoms with van der Waals surface area (Å²) in [5, 5.41) is 8.09. The van der Waals surface area contributed by atoms with Crippen molar-refractivity contribution < 1.29 is 52.5 Å². The first-order valence-electron chi connectivity index (χ1n) is 13.4. The molecule has 0 aromatic heterocycles. The van der Waals surface area contributed by atoms with Gasteiger partial charge in [0.25, 0.3) is 0 Å². The quantitative estimate of drug-likeness (QED) is 0.213. The van der Waals surface area contributed by atoms with E-state index in [4.69, 9.17) is 23.7 Å². The summed E-state index contributed by atoms with van der Waals surface area (Å²) in [6, 6.07) is -2.17. The van der Waals surface area contributed by atoms with Gasteiger partial charge in [-0.3, -0.25) is 28.8 Å². The van der Waals surface area contributed by atoms with E-state index in [2.05, 4.69) is 16.0 Å². The third kappa shape index (κ3) is 12.0. The Hall–Kier alpha value is -3.26. The molecule has 0 aromatic rings. The Bertz CT molecular complexity index is 976. The Balaban J connectivity index is 3.46. The maximum atomic E-state index is 12.9. The summed E-state index contributed by atoms with van der Waals surface area (Å²) in [5.41, 5.74) is -1.96. The second kappa shape index (κ2) is 15.1. The fourth-order valence-corrected chi connectivity index (χ4v) is 4.13. The lowest BCUT2D eigenvalue weighted by atomic mass is 9.92. The summed E-state index contributed by atoms with van der Waals surface area (Å²) in [7, 11) is 0. The molecule has 1 heterocycles. The van der Waals surface area contributed by atoms with Crippen molar-refractivity contribution in [2.24, 2.45) is 5.41 Å². The molecule has 0 aromatic carbocycles. The van der Waals surface area contributed by atoms with Crippen LogP contribution in [0.5, 0.6) is 0 Å². The van der Waals surface area contributed by atoms with Gasteiger partial charge in [0.05, 0.1) is 5.60 Å². The largest absolute Gasteiger partial charge is 0.463 e. The molecule has 1 rings (SSSR count). The van der Waals surface area contributed by atoms with Crippen LogP contribution in [0.25, 0.3) is 0 Å². The predicted octanol–water partition coefficient (Wildman–Crippen LogP) is 0.495. The van der Waals surface area contributed by atoms with Crippen LogP contribution in [0.4, 0.5) is 0 Å². The number of esters is 3. The number of rotatable bonds is 12. The van der Waals surface area contributed by atoms with E-state index < -0.39 is 77.4 Å². The van der Waals surface area contributed by atoms with Crippen molar-refractivity contribution in [1.82, 2.24) is 16.0 Å². The van der Waals surface area contributed by atoms with E-state index in [-0.39, 0.29) is 18.9 Å². The second-order valence-corrected chi connectivity index (χ2v) is 11.5. The van der Waals surface area contributed by atoms with Gasteiger partial charge in [-0.15, -0.1) is 0 Å². The minimum absolute atomic E-state index is 0.0203. The van der Waals surface area contributed by atoms with Crippen molar-refractivity contribution in [3.8, 4) is 0 Å². The van der Waals surface area contributed by atoms with Crippen molar-refractivity contribution in [3.05, 3.63) is 0 Å². The third-order valence-electron chi connectivity index (χ3n) is 5.86. The molecule has 1 aliphatic rings. The third-order valence-corrected chi connectivity index (χ3v) is 5.86. The van der Waals surface area contributed by atoms with Crippen LogP contribution in [-0.2, 0) is 52.5 Å². The highest BCUT2D eigenvalue weighted by Gasteiger charge is 2.52. The first-order chi connectivity index (χ1) is 18.8. The van der Waals surface area contributed by atoms with Crippen molar-refractivity contribution in [3.63, 3.8) is 0 Å². The highest BCUT2D eigenvalue weighted by atomic mass is 16.7. The van der Waals surface area contributed by atoms with Crippen molar-refractivity contribution in [2.75, 3.05) is 13.2 Å². The number of likely N-dealkylation sites (N-methyl/N-ethyl adjacent to an activating group) is 1. The van der Waals surface area contributed by atoms with Gasteiger partial charge in [-0.2, -0.15) is 0 Å². The van der Waals surface area contributed by atoms with Crippen LogP contribution in [0.1, 0.15) is 75.7 Å². The van der Waals surface area contributed by atoms with Gasteiger partial charge in [-0.05, 0) is 20.8 Å². The molecule has 0 saturated carbocycles. The van der Waals surface area contributed by atoms with E-state index in [9.17, 15) is 28.8 Å². The van der Waals surface area contributed by atoms with Gasteiger partial charge >= 0.3 is 17.9 Å². The molecule has 41 heavy (non-hydrogen) atoms. The number of hydrogen-bond acceptors (Lipinski definition) is 11. The number of carbonyl (C=O) groups is 6. The molecule has 0 bridgehead atoms. The van der Waals surface area contributed by atoms with Gasteiger partial charge in [0.2, 0.25) is 17.7 Å². The zero-order valence-corrected chi connectivity index (χ0v) is 25.6. The summed E-state index contributed by atoms with van der Waals surface area (Å²) in [6.45, 7) is 14.8. The summed E-state index contributed by atoms with van der Waals surface area (Å²) < 4.78 is 28.3. The van der Waals surface area contributed by atoms with Gasteiger partial charge < -0.3 is 39.6 Å². The van der Waals surface area contributed by atoms with Gasteiger partial charge in [-0.1, -0.05) is 20.8 Å². The first kappa shape index (κ1) is 35.8. The highest BCUT2D eigenvalue weighted by Crippen LogP contribution is 2.32. The molecule has 1 aliphatic heterocycles. The smallest absolute Gasteiger partial charge is 0.303 e. The molecule has 5 unspecified atom stereocenters. The molecule has 1 fully saturated rings. The van der Waals surface area contributed by atoms with E-state index in [1.54, 1.807) is 41.5 Å². The highest BCUT2D eigenvalue weighted by molar-refractivity contribution is 5.89. The van der Waals surface area contributed by atoms with Crippen LogP contribution in [0.2, 0.25) is 0 Å². The summed E-state index contributed by atoms with van der Waals surface area (Å²) in [5.74, 6) is -3.42. The van der Waals surface area contributed by atoms with Gasteiger partial charge in [0.1, 0.15) is 24.8 Å². The lowest BCUT2D eigenvalue weighted by Gasteiger charge is -2.47. The molecule has 14 heteroatoms. The lowest BCUT2D eigenvalue weighted by Crippen LogP contribution is -2.67. The van der Waals surface area contributed by atoms with Crippen LogP contribution in [0.15, 0.2) is 0 Å².